The van der Waals surface area contributed by atoms with Gasteiger partial charge >= 0.3 is 0 Å². The van der Waals surface area contributed by atoms with Gasteiger partial charge in [0.1, 0.15) is 6.54 Å². The maximum absolute atomic E-state index is 12.3. The minimum Gasteiger partial charge on any atom is -0.329 e. The molecule has 0 aliphatic heterocycles. The highest BCUT2D eigenvalue weighted by molar-refractivity contribution is 6.44. The van der Waals surface area contributed by atoms with Crippen molar-refractivity contribution in [2.75, 3.05) is 11.9 Å². The van der Waals surface area contributed by atoms with E-state index < -0.39 is 0 Å². The Balaban J connectivity index is 2.07. The van der Waals surface area contributed by atoms with E-state index in [1.54, 1.807) is 18.2 Å². The first kappa shape index (κ1) is 18.3. The highest BCUT2D eigenvalue weighted by Gasteiger charge is 2.16. The molecule has 0 bridgehead atoms. The number of carbonyl (C=O) groups excluding carboxylic acids is 2. The number of hydrogen-bond acceptors (Lipinski definition) is 2. The fourth-order valence-corrected chi connectivity index (χ4v) is 2.58. The molecule has 2 rings (SSSR count). The number of rotatable bonds is 5. The Morgan fingerprint density at radius 3 is 2.46 bits per heavy atom. The lowest BCUT2D eigenvalue weighted by atomic mass is 10.1. The quantitative estimate of drug-likeness (QED) is 0.859. The second-order valence-corrected chi connectivity index (χ2v) is 6.24. The SMILES string of the molecule is CC(=O)N(CC(=O)Nc1cccc(Cl)c1Cl)Cc1ccccc1C. The first-order chi connectivity index (χ1) is 11.4. The molecule has 0 aromatic heterocycles. The van der Waals surface area contributed by atoms with Gasteiger partial charge in [-0.3, -0.25) is 9.59 Å². The van der Waals surface area contributed by atoms with Crippen LogP contribution < -0.4 is 5.32 Å². The number of halogens is 2. The predicted molar refractivity (Wildman–Crippen MR) is 97.4 cm³/mol. The van der Waals surface area contributed by atoms with Crippen LogP contribution in [0.3, 0.4) is 0 Å². The first-order valence-corrected chi connectivity index (χ1v) is 8.18. The Morgan fingerprint density at radius 1 is 1.08 bits per heavy atom. The summed E-state index contributed by atoms with van der Waals surface area (Å²) in [6.07, 6.45) is 0. The summed E-state index contributed by atoms with van der Waals surface area (Å²) in [6.45, 7) is 3.72. The van der Waals surface area contributed by atoms with Gasteiger partial charge in [0.05, 0.1) is 15.7 Å². The summed E-state index contributed by atoms with van der Waals surface area (Å²) < 4.78 is 0. The minimum atomic E-state index is -0.331. The zero-order valence-corrected chi connectivity index (χ0v) is 15.0. The standard InChI is InChI=1S/C18H18Cl2N2O2/c1-12-6-3-4-7-14(12)10-22(13(2)23)11-17(24)21-16-9-5-8-15(19)18(16)20/h3-9H,10-11H2,1-2H3,(H,21,24). The third-order valence-corrected chi connectivity index (χ3v) is 4.45. The summed E-state index contributed by atoms with van der Waals surface area (Å²) in [5.41, 5.74) is 2.50. The monoisotopic (exact) mass is 364 g/mol. The van der Waals surface area contributed by atoms with Gasteiger partial charge in [0.25, 0.3) is 0 Å². The molecule has 126 valence electrons. The largest absolute Gasteiger partial charge is 0.329 e. The van der Waals surface area contributed by atoms with Crippen molar-refractivity contribution in [2.24, 2.45) is 0 Å². The van der Waals surface area contributed by atoms with Gasteiger partial charge in [0.2, 0.25) is 11.8 Å². The summed E-state index contributed by atoms with van der Waals surface area (Å²) in [4.78, 5) is 25.6. The van der Waals surface area contributed by atoms with E-state index in [1.165, 1.54) is 11.8 Å². The van der Waals surface area contributed by atoms with E-state index in [2.05, 4.69) is 5.32 Å². The molecule has 0 radical (unpaired) electrons. The number of carbonyl (C=O) groups is 2. The van der Waals surface area contributed by atoms with E-state index in [0.717, 1.165) is 11.1 Å². The van der Waals surface area contributed by atoms with E-state index in [0.29, 0.717) is 17.3 Å². The van der Waals surface area contributed by atoms with E-state index in [9.17, 15) is 9.59 Å². The minimum absolute atomic E-state index is 0.0630. The van der Waals surface area contributed by atoms with Crippen LogP contribution in [0.1, 0.15) is 18.1 Å². The van der Waals surface area contributed by atoms with Crippen molar-refractivity contribution in [3.8, 4) is 0 Å². The van der Waals surface area contributed by atoms with Crippen molar-refractivity contribution >= 4 is 40.7 Å². The molecule has 0 atom stereocenters. The Kier molecular flexibility index (Phi) is 6.23. The number of benzene rings is 2. The van der Waals surface area contributed by atoms with Crippen molar-refractivity contribution in [1.82, 2.24) is 4.90 Å². The molecule has 0 saturated heterocycles. The van der Waals surface area contributed by atoms with Gasteiger partial charge in [-0.25, -0.2) is 0 Å². The molecule has 0 fully saturated rings. The molecular formula is C18H18Cl2N2O2. The molecule has 0 saturated carbocycles. The summed E-state index contributed by atoms with van der Waals surface area (Å²) in [5.74, 6) is -0.506. The molecule has 0 aliphatic rings. The molecule has 0 spiro atoms. The van der Waals surface area contributed by atoms with Gasteiger partial charge in [-0.2, -0.15) is 0 Å². The van der Waals surface area contributed by atoms with E-state index in [4.69, 9.17) is 23.2 Å². The van der Waals surface area contributed by atoms with Crippen LogP contribution in [0.25, 0.3) is 0 Å². The van der Waals surface area contributed by atoms with Gasteiger partial charge in [0, 0.05) is 13.5 Å². The average Bonchev–Trinajstić information content (AvgIpc) is 2.53. The summed E-state index contributed by atoms with van der Waals surface area (Å²) >= 11 is 12.0. The highest BCUT2D eigenvalue weighted by Crippen LogP contribution is 2.29. The Labute approximate surface area is 151 Å². The van der Waals surface area contributed by atoms with Gasteiger partial charge in [0.15, 0.2) is 0 Å². The fourth-order valence-electron chi connectivity index (χ4n) is 2.24. The number of amides is 2. The summed E-state index contributed by atoms with van der Waals surface area (Å²) in [6, 6.07) is 12.7. The fraction of sp³-hybridized carbons (Fsp3) is 0.222. The number of aryl methyl sites for hydroxylation is 1. The third kappa shape index (κ3) is 4.73. The van der Waals surface area contributed by atoms with Crippen LogP contribution >= 0.6 is 23.2 Å². The maximum atomic E-state index is 12.3. The van der Waals surface area contributed by atoms with Crippen LogP contribution in [0.2, 0.25) is 10.0 Å². The average molecular weight is 365 g/mol. The molecular weight excluding hydrogens is 347 g/mol. The zero-order chi connectivity index (χ0) is 17.7. The second kappa shape index (κ2) is 8.18. The molecule has 0 aliphatic carbocycles. The van der Waals surface area contributed by atoms with Crippen molar-refractivity contribution < 1.29 is 9.59 Å². The van der Waals surface area contributed by atoms with Gasteiger partial charge in [-0.05, 0) is 30.2 Å². The molecule has 0 heterocycles. The van der Waals surface area contributed by atoms with Crippen LogP contribution in [0.15, 0.2) is 42.5 Å². The predicted octanol–water partition coefficient (Wildman–Crippen LogP) is 4.29. The van der Waals surface area contributed by atoms with Crippen LogP contribution in [-0.4, -0.2) is 23.3 Å². The second-order valence-electron chi connectivity index (χ2n) is 5.45. The summed E-state index contributed by atoms with van der Waals surface area (Å²) in [5, 5.41) is 3.33. The maximum Gasteiger partial charge on any atom is 0.244 e. The molecule has 2 aromatic rings. The normalized spacial score (nSPS) is 10.3. The van der Waals surface area contributed by atoms with E-state index >= 15 is 0 Å². The summed E-state index contributed by atoms with van der Waals surface area (Å²) in [7, 11) is 0. The molecule has 1 N–H and O–H groups in total. The van der Waals surface area contributed by atoms with Crippen molar-refractivity contribution in [2.45, 2.75) is 20.4 Å². The topological polar surface area (TPSA) is 49.4 Å². The van der Waals surface area contributed by atoms with Crippen LogP contribution in [0, 0.1) is 6.92 Å². The lowest BCUT2D eigenvalue weighted by molar-refractivity contribution is -0.133. The molecule has 6 heteroatoms. The molecule has 4 nitrogen and oxygen atoms in total. The van der Waals surface area contributed by atoms with E-state index in [1.807, 2.05) is 31.2 Å². The number of nitrogens with one attached hydrogen (secondary N) is 1. The smallest absolute Gasteiger partial charge is 0.244 e. The van der Waals surface area contributed by atoms with E-state index in [-0.39, 0.29) is 23.4 Å². The van der Waals surface area contributed by atoms with Crippen LogP contribution in [0.5, 0.6) is 0 Å². The van der Waals surface area contributed by atoms with Crippen LogP contribution in [0.4, 0.5) is 5.69 Å². The number of hydrogen-bond donors (Lipinski definition) is 1. The van der Waals surface area contributed by atoms with Crippen molar-refractivity contribution in [1.29, 1.82) is 0 Å². The Bertz CT molecular complexity index is 762. The Hall–Kier alpha value is -2.04. The first-order valence-electron chi connectivity index (χ1n) is 7.42. The van der Waals surface area contributed by atoms with Gasteiger partial charge in [-0.15, -0.1) is 0 Å². The lowest BCUT2D eigenvalue weighted by Gasteiger charge is -2.22. The highest BCUT2D eigenvalue weighted by atomic mass is 35.5. The lowest BCUT2D eigenvalue weighted by Crippen LogP contribution is -2.36. The van der Waals surface area contributed by atoms with Crippen molar-refractivity contribution in [3.63, 3.8) is 0 Å². The Morgan fingerprint density at radius 2 is 1.79 bits per heavy atom. The number of nitrogens with zero attached hydrogens (tertiary/aromatic N) is 1. The van der Waals surface area contributed by atoms with Crippen molar-refractivity contribution in [3.05, 3.63) is 63.6 Å². The molecule has 0 unspecified atom stereocenters. The van der Waals surface area contributed by atoms with Gasteiger partial charge in [-0.1, -0.05) is 53.5 Å². The molecule has 2 aromatic carbocycles. The molecule has 24 heavy (non-hydrogen) atoms. The number of anilines is 1. The van der Waals surface area contributed by atoms with Gasteiger partial charge < -0.3 is 10.2 Å². The zero-order valence-electron chi connectivity index (χ0n) is 13.5. The van der Waals surface area contributed by atoms with Crippen LogP contribution in [-0.2, 0) is 16.1 Å². The molecule has 2 amide bonds. The third-order valence-electron chi connectivity index (χ3n) is 3.63.